The van der Waals surface area contributed by atoms with Crippen molar-refractivity contribution >= 4 is 6.09 Å². The van der Waals surface area contributed by atoms with Crippen molar-refractivity contribution in [2.45, 2.75) is 46.3 Å². The van der Waals surface area contributed by atoms with Gasteiger partial charge in [0.25, 0.3) is 0 Å². The summed E-state index contributed by atoms with van der Waals surface area (Å²) in [5.41, 5.74) is -0.833. The van der Waals surface area contributed by atoms with Gasteiger partial charge in [-0.1, -0.05) is 13.8 Å². The topological polar surface area (TPSA) is 61.8 Å². The highest BCUT2D eigenvalue weighted by Crippen LogP contribution is 2.27. The van der Waals surface area contributed by atoms with Crippen LogP contribution in [0.15, 0.2) is 0 Å². The minimum atomic E-state index is -0.490. The molecule has 1 fully saturated rings. The van der Waals surface area contributed by atoms with E-state index in [2.05, 4.69) is 5.32 Å². The molecule has 1 rings (SSSR count). The summed E-state index contributed by atoms with van der Waals surface area (Å²) < 4.78 is 5.42. The van der Waals surface area contributed by atoms with E-state index >= 15 is 0 Å². The number of nitrogens with one attached hydrogen (secondary N) is 1. The molecule has 1 aliphatic rings. The zero-order valence-electron chi connectivity index (χ0n) is 12.1. The summed E-state index contributed by atoms with van der Waals surface area (Å²) >= 11 is 0. The highest BCUT2D eigenvalue weighted by Gasteiger charge is 2.39. The first-order valence-electron chi connectivity index (χ1n) is 6.48. The number of ether oxygens (including phenoxy) is 1. The summed E-state index contributed by atoms with van der Waals surface area (Å²) in [7, 11) is 0. The van der Waals surface area contributed by atoms with Crippen LogP contribution < -0.4 is 5.32 Å². The Morgan fingerprint density at radius 2 is 2.00 bits per heavy atom. The van der Waals surface area contributed by atoms with Crippen LogP contribution >= 0.6 is 0 Å². The van der Waals surface area contributed by atoms with Gasteiger partial charge in [-0.05, 0) is 20.8 Å². The number of piperazine rings is 1. The van der Waals surface area contributed by atoms with Crippen LogP contribution in [-0.4, -0.2) is 54.0 Å². The summed E-state index contributed by atoms with van der Waals surface area (Å²) in [6, 6.07) is -0.0499. The number of hydrogen-bond acceptors (Lipinski definition) is 4. The Balaban J connectivity index is 2.80. The van der Waals surface area contributed by atoms with E-state index in [0.717, 1.165) is 6.54 Å². The second kappa shape index (κ2) is 5.45. The Labute approximate surface area is 109 Å². The largest absolute Gasteiger partial charge is 0.444 e. The van der Waals surface area contributed by atoms with E-state index in [-0.39, 0.29) is 24.2 Å². The lowest BCUT2D eigenvalue weighted by Crippen LogP contribution is -2.60. The second-order valence-electron chi connectivity index (χ2n) is 6.54. The molecule has 0 bridgehead atoms. The van der Waals surface area contributed by atoms with Crippen molar-refractivity contribution in [3.63, 3.8) is 0 Å². The molecule has 1 heterocycles. The first-order chi connectivity index (χ1) is 8.17. The van der Waals surface area contributed by atoms with E-state index in [1.54, 1.807) is 4.90 Å². The molecule has 1 amide bonds. The maximum absolute atomic E-state index is 12.2. The number of aliphatic hydroxyl groups excluding tert-OH is 1. The van der Waals surface area contributed by atoms with E-state index in [1.165, 1.54) is 0 Å². The molecule has 0 aromatic carbocycles. The zero-order valence-corrected chi connectivity index (χ0v) is 12.1. The van der Waals surface area contributed by atoms with Crippen LogP contribution in [0.3, 0.4) is 0 Å². The molecule has 5 nitrogen and oxygen atoms in total. The fraction of sp³-hybridized carbons (Fsp3) is 0.923. The van der Waals surface area contributed by atoms with Gasteiger partial charge in [-0.3, -0.25) is 0 Å². The van der Waals surface area contributed by atoms with Crippen molar-refractivity contribution in [2.24, 2.45) is 5.41 Å². The molecular formula is C13H26N2O3. The van der Waals surface area contributed by atoms with Gasteiger partial charge in [0.15, 0.2) is 0 Å². The molecule has 1 aliphatic heterocycles. The number of carbonyl (C=O) groups excluding carboxylic acids is 1. The number of hydrogen-bond donors (Lipinski definition) is 2. The average Bonchev–Trinajstić information content (AvgIpc) is 2.27. The zero-order chi connectivity index (χ0) is 14.0. The third-order valence-electron chi connectivity index (χ3n) is 3.18. The number of carbonyl (C=O) groups is 1. The lowest BCUT2D eigenvalue weighted by Gasteiger charge is -2.44. The molecule has 106 valence electrons. The highest BCUT2D eigenvalue weighted by atomic mass is 16.6. The van der Waals surface area contributed by atoms with Crippen LogP contribution in [0.5, 0.6) is 0 Å². The van der Waals surface area contributed by atoms with E-state index in [4.69, 9.17) is 4.74 Å². The molecule has 1 atom stereocenters. The lowest BCUT2D eigenvalue weighted by atomic mass is 9.83. The summed E-state index contributed by atoms with van der Waals surface area (Å²) in [6.45, 7) is 11.6. The Bertz CT molecular complexity index is 297. The van der Waals surface area contributed by atoms with Crippen molar-refractivity contribution in [3.8, 4) is 0 Å². The normalized spacial score (nSPS) is 21.9. The van der Waals surface area contributed by atoms with Crippen molar-refractivity contribution in [3.05, 3.63) is 0 Å². The van der Waals surface area contributed by atoms with Gasteiger partial charge in [0, 0.05) is 25.0 Å². The van der Waals surface area contributed by atoms with Gasteiger partial charge >= 0.3 is 6.09 Å². The smallest absolute Gasteiger partial charge is 0.410 e. The third kappa shape index (κ3) is 3.85. The molecule has 1 unspecified atom stereocenters. The molecule has 0 aliphatic carbocycles. The van der Waals surface area contributed by atoms with E-state index in [1.807, 2.05) is 34.6 Å². The average molecular weight is 258 g/mol. The van der Waals surface area contributed by atoms with E-state index in [0.29, 0.717) is 13.1 Å². The predicted octanol–water partition coefficient (Wildman–Crippen LogP) is 1.21. The van der Waals surface area contributed by atoms with Gasteiger partial charge in [0.2, 0.25) is 0 Å². The van der Waals surface area contributed by atoms with Crippen LogP contribution in [0.4, 0.5) is 4.79 Å². The van der Waals surface area contributed by atoms with Gasteiger partial charge in [0.05, 0.1) is 12.6 Å². The van der Waals surface area contributed by atoms with Crippen molar-refractivity contribution in [2.75, 3.05) is 26.2 Å². The highest BCUT2D eigenvalue weighted by molar-refractivity contribution is 5.69. The molecule has 5 heteroatoms. The second-order valence-corrected chi connectivity index (χ2v) is 6.54. The van der Waals surface area contributed by atoms with Gasteiger partial charge in [-0.15, -0.1) is 0 Å². The van der Waals surface area contributed by atoms with Gasteiger partial charge in [-0.25, -0.2) is 4.79 Å². The van der Waals surface area contributed by atoms with Gasteiger partial charge < -0.3 is 20.1 Å². The number of nitrogens with zero attached hydrogens (tertiary/aromatic N) is 1. The minimum absolute atomic E-state index is 0.0403. The fourth-order valence-corrected chi connectivity index (χ4v) is 2.05. The standard InChI is InChI=1S/C13H26N2O3/c1-12(2,3)18-11(17)15-7-6-14-8-10(15)13(4,5)9-16/h10,14,16H,6-9H2,1-5H3. The van der Waals surface area contributed by atoms with Crippen LogP contribution in [0.2, 0.25) is 0 Å². The van der Waals surface area contributed by atoms with E-state index in [9.17, 15) is 9.90 Å². The molecule has 1 saturated heterocycles. The number of rotatable bonds is 2. The number of aliphatic hydroxyl groups is 1. The predicted molar refractivity (Wildman–Crippen MR) is 70.5 cm³/mol. The maximum Gasteiger partial charge on any atom is 0.410 e. The van der Waals surface area contributed by atoms with Crippen LogP contribution in [0, 0.1) is 5.41 Å². The molecule has 0 aromatic heterocycles. The molecular weight excluding hydrogens is 232 g/mol. The monoisotopic (exact) mass is 258 g/mol. The minimum Gasteiger partial charge on any atom is -0.444 e. The Hall–Kier alpha value is -0.810. The van der Waals surface area contributed by atoms with Gasteiger partial charge in [0.1, 0.15) is 5.60 Å². The van der Waals surface area contributed by atoms with Crippen LogP contribution in [0.25, 0.3) is 0 Å². The number of amides is 1. The summed E-state index contributed by atoms with van der Waals surface area (Å²) in [4.78, 5) is 13.9. The first kappa shape index (κ1) is 15.2. The van der Waals surface area contributed by atoms with E-state index < -0.39 is 5.60 Å². The molecule has 0 aromatic rings. The van der Waals surface area contributed by atoms with Crippen molar-refractivity contribution in [1.82, 2.24) is 10.2 Å². The summed E-state index contributed by atoms with van der Waals surface area (Å²) in [6.07, 6.45) is -0.296. The maximum atomic E-state index is 12.2. The van der Waals surface area contributed by atoms with Crippen molar-refractivity contribution < 1.29 is 14.6 Å². The van der Waals surface area contributed by atoms with Crippen LogP contribution in [-0.2, 0) is 4.74 Å². The summed E-state index contributed by atoms with van der Waals surface area (Å²) in [5.74, 6) is 0. The quantitative estimate of drug-likeness (QED) is 0.781. The third-order valence-corrected chi connectivity index (χ3v) is 3.18. The molecule has 0 saturated carbocycles. The van der Waals surface area contributed by atoms with Crippen LogP contribution in [0.1, 0.15) is 34.6 Å². The Morgan fingerprint density at radius 1 is 1.39 bits per heavy atom. The molecule has 2 N–H and O–H groups in total. The fourth-order valence-electron chi connectivity index (χ4n) is 2.05. The summed E-state index contributed by atoms with van der Waals surface area (Å²) in [5, 5.41) is 12.7. The molecule has 18 heavy (non-hydrogen) atoms. The lowest BCUT2D eigenvalue weighted by molar-refractivity contribution is -0.0167. The Kier molecular flexibility index (Phi) is 4.61. The molecule has 0 radical (unpaired) electrons. The SMILES string of the molecule is CC(C)(C)OC(=O)N1CCNCC1C(C)(C)CO. The Morgan fingerprint density at radius 3 is 2.50 bits per heavy atom. The molecule has 0 spiro atoms. The van der Waals surface area contributed by atoms with Gasteiger partial charge in [-0.2, -0.15) is 0 Å². The first-order valence-corrected chi connectivity index (χ1v) is 6.48. The van der Waals surface area contributed by atoms with Crippen molar-refractivity contribution in [1.29, 1.82) is 0 Å².